The molecule has 1 nitrogen and oxygen atoms in total. The van der Waals surface area contributed by atoms with Crippen LogP contribution in [0.1, 0.15) is 23.6 Å². The number of aliphatic hydroxyl groups is 1. The van der Waals surface area contributed by atoms with Gasteiger partial charge in [-0.25, -0.2) is 0 Å². The molecular weight excluding hydrogens is 244 g/mol. The highest BCUT2D eigenvalue weighted by Gasteiger charge is 2.08. The summed E-state index contributed by atoms with van der Waals surface area (Å²) >= 11 is 5.90. The molecule has 0 saturated carbocycles. The predicted octanol–water partition coefficient (Wildman–Crippen LogP) is 4.28. The Bertz CT molecular complexity index is 556. The molecule has 0 aliphatic carbocycles. The molecule has 0 heterocycles. The van der Waals surface area contributed by atoms with E-state index in [2.05, 4.69) is 6.08 Å². The average Bonchev–Trinajstić information content (AvgIpc) is 2.42. The smallest absolute Gasteiger partial charge is 0.0687 e. The fourth-order valence-electron chi connectivity index (χ4n) is 2.03. The minimum atomic E-state index is 0.0428. The molecule has 0 aliphatic rings. The summed E-state index contributed by atoms with van der Waals surface area (Å²) in [4.78, 5) is 0. The van der Waals surface area contributed by atoms with E-state index in [1.54, 1.807) is 0 Å². The number of hydrogen-bond donors (Lipinski definition) is 1. The predicted molar refractivity (Wildman–Crippen MR) is 76.6 cm³/mol. The lowest BCUT2D eigenvalue weighted by Gasteiger charge is -2.12. The van der Waals surface area contributed by atoms with Gasteiger partial charge in [0, 0.05) is 5.02 Å². The third kappa shape index (κ3) is 2.63. The van der Waals surface area contributed by atoms with Crippen LogP contribution in [-0.2, 0) is 6.61 Å². The molecule has 0 bridgehead atoms. The molecule has 0 radical (unpaired) electrons. The van der Waals surface area contributed by atoms with Gasteiger partial charge in [-0.15, -0.1) is 0 Å². The Kier molecular flexibility index (Phi) is 4.19. The normalized spacial score (nSPS) is 11.6. The lowest BCUT2D eigenvalue weighted by atomic mass is 9.94. The van der Waals surface area contributed by atoms with E-state index in [0.717, 1.165) is 27.3 Å². The van der Waals surface area contributed by atoms with E-state index in [-0.39, 0.29) is 6.61 Å². The number of benzene rings is 2. The van der Waals surface area contributed by atoms with Gasteiger partial charge in [-0.05, 0) is 41.3 Å². The summed E-state index contributed by atoms with van der Waals surface area (Å²) in [7, 11) is 0. The zero-order chi connectivity index (χ0) is 13.0. The van der Waals surface area contributed by atoms with Crippen LogP contribution in [-0.4, -0.2) is 5.11 Å². The van der Waals surface area contributed by atoms with Crippen LogP contribution in [0, 0.1) is 0 Å². The number of allylic oxidation sites excluding steroid dienone is 1. The Morgan fingerprint density at radius 3 is 2.39 bits per heavy atom. The third-order valence-corrected chi connectivity index (χ3v) is 3.17. The van der Waals surface area contributed by atoms with Crippen LogP contribution in [0.2, 0.25) is 5.02 Å². The van der Waals surface area contributed by atoms with Gasteiger partial charge in [-0.2, -0.15) is 0 Å². The van der Waals surface area contributed by atoms with Gasteiger partial charge >= 0.3 is 0 Å². The van der Waals surface area contributed by atoms with Crippen molar-refractivity contribution in [1.29, 1.82) is 0 Å². The number of halogens is 1. The van der Waals surface area contributed by atoms with Gasteiger partial charge in [0.1, 0.15) is 0 Å². The zero-order valence-corrected chi connectivity index (χ0v) is 11.0. The molecule has 0 fully saturated rings. The van der Waals surface area contributed by atoms with Gasteiger partial charge in [0.15, 0.2) is 0 Å². The largest absolute Gasteiger partial charge is 0.392 e. The Hall–Kier alpha value is -1.57. The van der Waals surface area contributed by atoms with Crippen LogP contribution in [0.4, 0.5) is 0 Å². The third-order valence-electron chi connectivity index (χ3n) is 2.92. The van der Waals surface area contributed by atoms with Crippen molar-refractivity contribution in [2.75, 3.05) is 0 Å². The monoisotopic (exact) mass is 258 g/mol. The number of rotatable bonds is 3. The molecule has 0 saturated heterocycles. The van der Waals surface area contributed by atoms with Crippen molar-refractivity contribution in [3.8, 4) is 0 Å². The van der Waals surface area contributed by atoms with Crippen molar-refractivity contribution in [2.24, 2.45) is 0 Å². The first-order valence-electron chi connectivity index (χ1n) is 5.87. The first kappa shape index (κ1) is 12.9. The minimum absolute atomic E-state index is 0.0428. The van der Waals surface area contributed by atoms with E-state index in [9.17, 15) is 5.11 Å². The molecule has 0 unspecified atom stereocenters. The van der Waals surface area contributed by atoms with Crippen LogP contribution < -0.4 is 0 Å². The molecule has 18 heavy (non-hydrogen) atoms. The molecule has 1 N–H and O–H groups in total. The van der Waals surface area contributed by atoms with Crippen LogP contribution in [0.25, 0.3) is 5.57 Å². The first-order chi connectivity index (χ1) is 8.76. The average molecular weight is 259 g/mol. The molecule has 0 aromatic heterocycles. The maximum atomic E-state index is 9.41. The highest BCUT2D eigenvalue weighted by molar-refractivity contribution is 6.30. The summed E-state index contributed by atoms with van der Waals surface area (Å²) < 4.78 is 0. The van der Waals surface area contributed by atoms with Crippen LogP contribution in [0.15, 0.2) is 54.6 Å². The van der Waals surface area contributed by atoms with Crippen molar-refractivity contribution in [3.05, 3.63) is 76.3 Å². The molecule has 0 amide bonds. The molecule has 2 rings (SSSR count). The summed E-state index contributed by atoms with van der Waals surface area (Å²) in [6, 6.07) is 15.6. The fourth-order valence-corrected chi connectivity index (χ4v) is 2.15. The second-order valence-corrected chi connectivity index (χ2v) is 4.46. The Balaban J connectivity index is 2.49. The second-order valence-electron chi connectivity index (χ2n) is 4.02. The maximum absolute atomic E-state index is 9.41. The number of aliphatic hydroxyl groups excluding tert-OH is 1. The molecule has 2 heteroatoms. The molecule has 0 atom stereocenters. The molecule has 0 aliphatic heterocycles. The van der Waals surface area contributed by atoms with Gasteiger partial charge < -0.3 is 5.11 Å². The van der Waals surface area contributed by atoms with Gasteiger partial charge in [0.25, 0.3) is 0 Å². The van der Waals surface area contributed by atoms with Gasteiger partial charge in [-0.3, -0.25) is 0 Å². The topological polar surface area (TPSA) is 20.2 Å². The van der Waals surface area contributed by atoms with Crippen molar-refractivity contribution in [1.82, 2.24) is 0 Å². The van der Waals surface area contributed by atoms with Gasteiger partial charge in [-0.1, -0.05) is 54.1 Å². The highest BCUT2D eigenvalue weighted by Crippen LogP contribution is 2.27. The quantitative estimate of drug-likeness (QED) is 0.871. The molecule has 92 valence electrons. The van der Waals surface area contributed by atoms with Gasteiger partial charge in [0.2, 0.25) is 0 Å². The van der Waals surface area contributed by atoms with Crippen molar-refractivity contribution in [2.45, 2.75) is 13.5 Å². The van der Waals surface area contributed by atoms with Crippen LogP contribution in [0.3, 0.4) is 0 Å². The number of hydrogen-bond acceptors (Lipinski definition) is 1. The van der Waals surface area contributed by atoms with E-state index >= 15 is 0 Å². The van der Waals surface area contributed by atoms with Crippen molar-refractivity contribution >= 4 is 17.2 Å². The van der Waals surface area contributed by atoms with E-state index < -0.39 is 0 Å². The molecule has 0 spiro atoms. The maximum Gasteiger partial charge on any atom is 0.0687 e. The Morgan fingerprint density at radius 1 is 1.11 bits per heavy atom. The molecular formula is C16H15ClO. The van der Waals surface area contributed by atoms with Crippen molar-refractivity contribution in [3.63, 3.8) is 0 Å². The Morgan fingerprint density at radius 2 is 1.78 bits per heavy atom. The fraction of sp³-hybridized carbons (Fsp3) is 0.125. The minimum Gasteiger partial charge on any atom is -0.392 e. The lowest BCUT2D eigenvalue weighted by molar-refractivity contribution is 0.281. The molecule has 2 aromatic rings. The van der Waals surface area contributed by atoms with E-state index in [1.807, 2.05) is 55.5 Å². The summed E-state index contributed by atoms with van der Waals surface area (Å²) in [5.41, 5.74) is 4.20. The molecule has 2 aromatic carbocycles. The summed E-state index contributed by atoms with van der Waals surface area (Å²) in [6.45, 7) is 2.04. The summed E-state index contributed by atoms with van der Waals surface area (Å²) in [5.74, 6) is 0. The van der Waals surface area contributed by atoms with E-state index in [0.29, 0.717) is 0 Å². The standard InChI is InChI=1S/C16H15ClO/c1-2-15(12-7-9-14(17)10-8-12)16-6-4-3-5-13(16)11-18/h2-10,18H,11H2,1H3. The highest BCUT2D eigenvalue weighted by atomic mass is 35.5. The van der Waals surface area contributed by atoms with E-state index in [4.69, 9.17) is 11.6 Å². The van der Waals surface area contributed by atoms with Crippen molar-refractivity contribution < 1.29 is 5.11 Å². The Labute approximate surface area is 112 Å². The summed E-state index contributed by atoms with van der Waals surface area (Å²) in [6.07, 6.45) is 2.05. The van der Waals surface area contributed by atoms with Crippen LogP contribution >= 0.6 is 11.6 Å². The summed E-state index contributed by atoms with van der Waals surface area (Å²) in [5, 5.41) is 10.1. The van der Waals surface area contributed by atoms with E-state index in [1.165, 1.54) is 0 Å². The van der Waals surface area contributed by atoms with Crippen LogP contribution in [0.5, 0.6) is 0 Å². The van der Waals surface area contributed by atoms with Gasteiger partial charge in [0.05, 0.1) is 6.61 Å². The lowest BCUT2D eigenvalue weighted by Crippen LogP contribution is -1.94. The zero-order valence-electron chi connectivity index (χ0n) is 10.2. The second kappa shape index (κ2) is 5.85. The SMILES string of the molecule is CC=C(c1ccc(Cl)cc1)c1ccccc1CO. The first-order valence-corrected chi connectivity index (χ1v) is 6.25.